The molecule has 1 aromatic heterocycles. The highest BCUT2D eigenvalue weighted by molar-refractivity contribution is 7.84. The van der Waals surface area contributed by atoms with Crippen LogP contribution in [0, 0.1) is 0 Å². The van der Waals surface area contributed by atoms with Crippen LogP contribution in [0.5, 0.6) is 0 Å². The molecule has 1 aromatic rings. The van der Waals surface area contributed by atoms with E-state index in [1.807, 2.05) is 13.8 Å². The van der Waals surface area contributed by atoms with E-state index in [1.165, 1.54) is 0 Å². The number of amides is 1. The number of carbonyl (C=O) groups is 1. The number of nitrogens with two attached hydrogens (primary N) is 1. The zero-order valence-corrected chi connectivity index (χ0v) is 11.5. The first kappa shape index (κ1) is 14.6. The van der Waals surface area contributed by atoms with Crippen molar-refractivity contribution >= 4 is 22.5 Å². The van der Waals surface area contributed by atoms with Gasteiger partial charge in [-0.3, -0.25) is 9.00 Å². The Morgan fingerprint density at radius 1 is 1.44 bits per heavy atom. The van der Waals surface area contributed by atoms with Gasteiger partial charge in [-0.1, -0.05) is 13.8 Å². The van der Waals surface area contributed by atoms with Crippen molar-refractivity contribution in [3.63, 3.8) is 0 Å². The lowest BCUT2D eigenvalue weighted by Gasteiger charge is -2.07. The van der Waals surface area contributed by atoms with Gasteiger partial charge in [-0.05, 0) is 18.6 Å². The number of aryl methyl sites for hydroxylation is 1. The van der Waals surface area contributed by atoms with Crippen LogP contribution in [0.1, 0.15) is 29.9 Å². The quantitative estimate of drug-likeness (QED) is 0.797. The van der Waals surface area contributed by atoms with Crippen LogP contribution in [-0.2, 0) is 17.2 Å². The summed E-state index contributed by atoms with van der Waals surface area (Å²) in [5, 5.41) is 2.73. The van der Waals surface area contributed by atoms with E-state index in [0.29, 0.717) is 29.4 Å². The lowest BCUT2D eigenvalue weighted by atomic mass is 10.2. The Balaban J connectivity index is 2.61. The summed E-state index contributed by atoms with van der Waals surface area (Å²) in [6.07, 6.45) is 0.727. The summed E-state index contributed by atoms with van der Waals surface area (Å²) in [7, 11) is -0.862. The van der Waals surface area contributed by atoms with E-state index in [1.54, 1.807) is 12.1 Å². The molecule has 1 heterocycles. The minimum atomic E-state index is -0.862. The molecule has 18 heavy (non-hydrogen) atoms. The van der Waals surface area contributed by atoms with Gasteiger partial charge in [-0.2, -0.15) is 0 Å². The van der Waals surface area contributed by atoms with Gasteiger partial charge < -0.3 is 11.1 Å². The summed E-state index contributed by atoms with van der Waals surface area (Å²) in [5.41, 5.74) is 6.92. The maximum Gasteiger partial charge on any atom is 0.251 e. The van der Waals surface area contributed by atoms with Crippen molar-refractivity contribution in [1.82, 2.24) is 10.3 Å². The number of nitrogens with zero attached hydrogens (tertiary/aromatic N) is 1. The van der Waals surface area contributed by atoms with Gasteiger partial charge in [0.25, 0.3) is 5.91 Å². The number of carbonyl (C=O) groups excluding carboxylic acids is 1. The molecule has 0 radical (unpaired) electrons. The molecule has 0 aliphatic rings. The van der Waals surface area contributed by atoms with Crippen LogP contribution >= 0.6 is 0 Å². The van der Waals surface area contributed by atoms with Crippen molar-refractivity contribution in [2.45, 2.75) is 20.3 Å². The highest BCUT2D eigenvalue weighted by Crippen LogP contribution is 2.08. The van der Waals surface area contributed by atoms with Crippen molar-refractivity contribution in [2.75, 3.05) is 23.8 Å². The molecule has 0 saturated carbocycles. The van der Waals surface area contributed by atoms with E-state index >= 15 is 0 Å². The third-order valence-electron chi connectivity index (χ3n) is 2.46. The highest BCUT2D eigenvalue weighted by Gasteiger charge is 2.08. The fourth-order valence-corrected chi connectivity index (χ4v) is 2.07. The van der Waals surface area contributed by atoms with E-state index in [9.17, 15) is 9.00 Å². The predicted octanol–water partition coefficient (Wildman–Crippen LogP) is 0.725. The van der Waals surface area contributed by atoms with Crippen LogP contribution in [0.3, 0.4) is 0 Å². The average Bonchev–Trinajstić information content (AvgIpc) is 2.37. The zero-order chi connectivity index (χ0) is 13.5. The molecule has 0 spiro atoms. The Labute approximate surface area is 110 Å². The Morgan fingerprint density at radius 3 is 2.78 bits per heavy atom. The van der Waals surface area contributed by atoms with Gasteiger partial charge in [0, 0.05) is 40.1 Å². The maximum absolute atomic E-state index is 11.8. The fraction of sp³-hybridized carbons (Fsp3) is 0.500. The average molecular weight is 269 g/mol. The molecule has 0 aliphatic heterocycles. The normalized spacial score (nSPS) is 12.1. The predicted molar refractivity (Wildman–Crippen MR) is 73.9 cm³/mol. The van der Waals surface area contributed by atoms with Crippen molar-refractivity contribution in [3.8, 4) is 0 Å². The highest BCUT2D eigenvalue weighted by atomic mass is 32.2. The number of aromatic nitrogens is 1. The Bertz CT molecular complexity index is 449. The third-order valence-corrected chi connectivity index (χ3v) is 3.76. The van der Waals surface area contributed by atoms with Crippen LogP contribution in [0.2, 0.25) is 0 Å². The maximum atomic E-state index is 11.8. The van der Waals surface area contributed by atoms with Gasteiger partial charge in [0.15, 0.2) is 0 Å². The molecule has 0 fully saturated rings. The van der Waals surface area contributed by atoms with Crippen LogP contribution in [0.4, 0.5) is 5.82 Å². The van der Waals surface area contributed by atoms with Crippen molar-refractivity contribution in [2.24, 2.45) is 0 Å². The van der Waals surface area contributed by atoms with E-state index in [4.69, 9.17) is 5.73 Å². The zero-order valence-electron chi connectivity index (χ0n) is 10.7. The van der Waals surface area contributed by atoms with Gasteiger partial charge in [0.1, 0.15) is 5.82 Å². The van der Waals surface area contributed by atoms with Gasteiger partial charge in [0.2, 0.25) is 0 Å². The standard InChI is InChI=1S/C12H19N3O2S/c1-3-10-7-9(8-11(13)15-10)12(16)14-5-6-18(17)4-2/h7-8H,3-6H2,1-2H3,(H2,13,15)(H,14,16). The molecular formula is C12H19N3O2S. The van der Waals surface area contributed by atoms with Crippen molar-refractivity contribution < 1.29 is 9.00 Å². The van der Waals surface area contributed by atoms with Gasteiger partial charge >= 0.3 is 0 Å². The number of anilines is 1. The molecule has 1 atom stereocenters. The molecule has 100 valence electrons. The van der Waals surface area contributed by atoms with E-state index < -0.39 is 10.8 Å². The number of nitrogen functional groups attached to an aromatic ring is 1. The molecule has 3 N–H and O–H groups in total. The molecule has 6 heteroatoms. The lowest BCUT2D eigenvalue weighted by molar-refractivity contribution is 0.0956. The smallest absolute Gasteiger partial charge is 0.251 e. The largest absolute Gasteiger partial charge is 0.384 e. The number of hydrogen-bond donors (Lipinski definition) is 2. The van der Waals surface area contributed by atoms with E-state index in [-0.39, 0.29) is 5.91 Å². The van der Waals surface area contributed by atoms with Crippen molar-refractivity contribution in [1.29, 1.82) is 0 Å². The number of hydrogen-bond acceptors (Lipinski definition) is 4. The Morgan fingerprint density at radius 2 is 2.17 bits per heavy atom. The number of rotatable bonds is 6. The minimum Gasteiger partial charge on any atom is -0.384 e. The first-order valence-electron chi connectivity index (χ1n) is 5.96. The molecule has 0 aliphatic carbocycles. The third kappa shape index (κ3) is 4.44. The van der Waals surface area contributed by atoms with E-state index in [0.717, 1.165) is 12.1 Å². The van der Waals surface area contributed by atoms with E-state index in [2.05, 4.69) is 10.3 Å². The first-order chi connectivity index (χ1) is 8.56. The molecule has 0 saturated heterocycles. The molecular weight excluding hydrogens is 250 g/mol. The van der Waals surface area contributed by atoms with Crippen LogP contribution in [-0.4, -0.2) is 33.2 Å². The molecule has 5 nitrogen and oxygen atoms in total. The minimum absolute atomic E-state index is 0.202. The molecule has 1 unspecified atom stereocenters. The van der Waals surface area contributed by atoms with Crippen LogP contribution in [0.25, 0.3) is 0 Å². The summed E-state index contributed by atoms with van der Waals surface area (Å²) in [6, 6.07) is 3.27. The molecule has 1 rings (SSSR count). The topological polar surface area (TPSA) is 85.1 Å². The van der Waals surface area contributed by atoms with Gasteiger partial charge in [-0.25, -0.2) is 4.98 Å². The molecule has 1 amide bonds. The van der Waals surface area contributed by atoms with Crippen LogP contribution < -0.4 is 11.1 Å². The molecule has 0 aromatic carbocycles. The summed E-state index contributed by atoms with van der Waals surface area (Å²) >= 11 is 0. The summed E-state index contributed by atoms with van der Waals surface area (Å²) in [5.74, 6) is 1.23. The summed E-state index contributed by atoms with van der Waals surface area (Å²) in [4.78, 5) is 15.9. The van der Waals surface area contributed by atoms with Gasteiger partial charge in [0.05, 0.1) is 0 Å². The summed E-state index contributed by atoms with van der Waals surface area (Å²) in [6.45, 7) is 4.21. The second-order valence-electron chi connectivity index (χ2n) is 3.81. The fourth-order valence-electron chi connectivity index (χ4n) is 1.45. The lowest BCUT2D eigenvalue weighted by Crippen LogP contribution is -2.28. The van der Waals surface area contributed by atoms with Crippen LogP contribution in [0.15, 0.2) is 12.1 Å². The monoisotopic (exact) mass is 269 g/mol. The SMILES string of the molecule is CCc1cc(C(=O)NCCS(=O)CC)cc(N)n1. The summed E-state index contributed by atoms with van der Waals surface area (Å²) < 4.78 is 11.2. The first-order valence-corrected chi connectivity index (χ1v) is 7.45. The second-order valence-corrected chi connectivity index (χ2v) is 5.68. The molecule has 0 bridgehead atoms. The van der Waals surface area contributed by atoms with Crippen molar-refractivity contribution in [3.05, 3.63) is 23.4 Å². The Kier molecular flexibility index (Phi) is 5.77. The second kappa shape index (κ2) is 7.10. The Hall–Kier alpha value is -1.43. The number of nitrogens with one attached hydrogen (secondary N) is 1. The van der Waals surface area contributed by atoms with Gasteiger partial charge in [-0.15, -0.1) is 0 Å². The number of pyridine rings is 1.